The highest BCUT2D eigenvalue weighted by atomic mass is 16.6. The van der Waals surface area contributed by atoms with Gasteiger partial charge >= 0.3 is 0 Å². The molecule has 120 valence electrons. The van der Waals surface area contributed by atoms with Crippen LogP contribution in [0.5, 0.6) is 0 Å². The number of hydrogen-bond donors (Lipinski definition) is 0. The molecule has 0 aromatic heterocycles. The first-order valence-corrected chi connectivity index (χ1v) is 8.98. The maximum Gasteiger partial charge on any atom is 0.165 e. The molecule has 7 atom stereocenters. The smallest absolute Gasteiger partial charge is 0.165 e. The highest BCUT2D eigenvalue weighted by Crippen LogP contribution is 2.86. The lowest BCUT2D eigenvalue weighted by Gasteiger charge is -2.46. The van der Waals surface area contributed by atoms with Gasteiger partial charge in [-0.2, -0.15) is 0 Å². The quantitative estimate of drug-likeness (QED) is 0.699. The summed E-state index contributed by atoms with van der Waals surface area (Å²) < 4.78 is 6.04. The van der Waals surface area contributed by atoms with E-state index in [9.17, 15) is 9.59 Å². The molecule has 22 heavy (non-hydrogen) atoms. The number of epoxide rings is 1. The molecule has 5 fully saturated rings. The molecule has 0 aromatic rings. The zero-order valence-corrected chi connectivity index (χ0v) is 14.1. The second kappa shape index (κ2) is 3.38. The summed E-state index contributed by atoms with van der Waals surface area (Å²) in [7, 11) is 0. The summed E-state index contributed by atoms with van der Waals surface area (Å²) in [4.78, 5) is 25.4. The Kier molecular flexibility index (Phi) is 2.11. The Labute approximate surface area is 132 Å². The predicted molar refractivity (Wildman–Crippen MR) is 81.2 cm³/mol. The van der Waals surface area contributed by atoms with Crippen LogP contribution >= 0.6 is 0 Å². The Morgan fingerprint density at radius 1 is 1.23 bits per heavy atom. The molecule has 1 heterocycles. The molecule has 5 rings (SSSR count). The Morgan fingerprint density at radius 2 is 1.95 bits per heavy atom. The number of carbonyl (C=O) groups is 2. The SMILES string of the molecule is CC(C)[C@H]1CC[C@]23C[C@@H]4CC(=O)[C@H]5O[C@@]45[C@@]2(C)C(=O)C[C@]13C. The lowest BCUT2D eigenvalue weighted by molar-refractivity contribution is -0.132. The van der Waals surface area contributed by atoms with Crippen LogP contribution in [0, 0.1) is 34.0 Å². The lowest BCUT2D eigenvalue weighted by atomic mass is 9.56. The first-order valence-electron chi connectivity index (χ1n) is 8.98. The highest BCUT2D eigenvalue weighted by Gasteiger charge is 2.91. The summed E-state index contributed by atoms with van der Waals surface area (Å²) in [6.07, 6.45) is 4.52. The molecule has 2 spiro atoms. The number of carbonyl (C=O) groups excluding carboxylic acids is 2. The molecule has 0 radical (unpaired) electrons. The molecule has 1 saturated heterocycles. The van der Waals surface area contributed by atoms with Crippen LogP contribution in [0.4, 0.5) is 0 Å². The third-order valence-corrected chi connectivity index (χ3v) is 9.01. The normalized spacial score (nSPS) is 61.4. The van der Waals surface area contributed by atoms with E-state index in [1.54, 1.807) is 0 Å². The number of Topliss-reactive ketones (excluding diaryl/α,β-unsaturated/α-hetero) is 2. The number of ether oxygens (including phenoxy) is 1. The van der Waals surface area contributed by atoms with Gasteiger partial charge in [-0.05, 0) is 54.8 Å². The molecular weight excluding hydrogens is 276 g/mol. The summed E-state index contributed by atoms with van der Waals surface area (Å²) in [6, 6.07) is 0. The Morgan fingerprint density at radius 3 is 2.59 bits per heavy atom. The van der Waals surface area contributed by atoms with Crippen molar-refractivity contribution in [3.05, 3.63) is 0 Å². The molecule has 1 aliphatic heterocycles. The van der Waals surface area contributed by atoms with Gasteiger partial charge in [0.2, 0.25) is 0 Å². The molecule has 4 saturated carbocycles. The van der Waals surface area contributed by atoms with Crippen molar-refractivity contribution < 1.29 is 14.3 Å². The highest BCUT2D eigenvalue weighted by molar-refractivity contribution is 5.99. The molecular formula is C19H26O3. The van der Waals surface area contributed by atoms with Crippen LogP contribution in [0.2, 0.25) is 0 Å². The summed E-state index contributed by atoms with van der Waals surface area (Å²) >= 11 is 0. The van der Waals surface area contributed by atoms with Crippen LogP contribution in [-0.2, 0) is 14.3 Å². The standard InChI is InChI=1S/C19H26O3/c1-10(2)12-5-6-18-8-11-7-13(20)15-19(11,22-15)17(18,4)14(21)9-16(12,18)3/h10-12,15H,5-9H2,1-4H3/t11-,12+,15+,16+,17-,18+,19-/m0/s1. The van der Waals surface area contributed by atoms with Gasteiger partial charge in [0, 0.05) is 12.8 Å². The van der Waals surface area contributed by atoms with E-state index in [1.807, 2.05) is 0 Å². The molecule has 0 bridgehead atoms. The van der Waals surface area contributed by atoms with E-state index < -0.39 is 11.0 Å². The summed E-state index contributed by atoms with van der Waals surface area (Å²) in [5.74, 6) is 2.18. The fourth-order valence-electron chi connectivity index (χ4n) is 8.17. The van der Waals surface area contributed by atoms with Crippen molar-refractivity contribution in [3.8, 4) is 0 Å². The largest absolute Gasteiger partial charge is 0.356 e. The van der Waals surface area contributed by atoms with Crippen molar-refractivity contribution >= 4 is 11.6 Å². The third kappa shape index (κ3) is 0.978. The van der Waals surface area contributed by atoms with Crippen LogP contribution < -0.4 is 0 Å². The average Bonchev–Trinajstić information content (AvgIpc) is 2.93. The molecule has 4 aliphatic carbocycles. The van der Waals surface area contributed by atoms with Gasteiger partial charge in [0.1, 0.15) is 17.5 Å². The number of rotatable bonds is 1. The topological polar surface area (TPSA) is 46.7 Å². The van der Waals surface area contributed by atoms with Crippen LogP contribution in [-0.4, -0.2) is 23.3 Å². The fourth-order valence-corrected chi connectivity index (χ4v) is 8.17. The van der Waals surface area contributed by atoms with Crippen LogP contribution in [0.15, 0.2) is 0 Å². The van der Waals surface area contributed by atoms with Gasteiger partial charge < -0.3 is 4.74 Å². The molecule has 0 aromatic carbocycles. The van der Waals surface area contributed by atoms with Gasteiger partial charge in [-0.1, -0.05) is 20.8 Å². The van der Waals surface area contributed by atoms with E-state index in [1.165, 1.54) is 6.42 Å². The average molecular weight is 302 g/mol. The van der Waals surface area contributed by atoms with Gasteiger partial charge in [0.15, 0.2) is 5.78 Å². The second-order valence-electron chi connectivity index (χ2n) is 9.48. The minimum absolute atomic E-state index is 0.0755. The van der Waals surface area contributed by atoms with E-state index >= 15 is 0 Å². The van der Waals surface area contributed by atoms with Crippen molar-refractivity contribution in [1.29, 1.82) is 0 Å². The van der Waals surface area contributed by atoms with Gasteiger partial charge in [-0.15, -0.1) is 0 Å². The molecule has 3 heteroatoms. The second-order valence-corrected chi connectivity index (χ2v) is 9.48. The Balaban J connectivity index is 1.71. The molecule has 0 amide bonds. The monoisotopic (exact) mass is 302 g/mol. The van der Waals surface area contributed by atoms with E-state index in [4.69, 9.17) is 4.74 Å². The molecule has 3 nitrogen and oxygen atoms in total. The van der Waals surface area contributed by atoms with Gasteiger partial charge in [-0.25, -0.2) is 0 Å². The van der Waals surface area contributed by atoms with Crippen molar-refractivity contribution in [1.82, 2.24) is 0 Å². The first kappa shape index (κ1) is 13.7. The van der Waals surface area contributed by atoms with E-state index in [-0.39, 0.29) is 22.7 Å². The number of hydrogen-bond acceptors (Lipinski definition) is 3. The molecule has 5 aliphatic rings. The number of ketones is 2. The van der Waals surface area contributed by atoms with Crippen molar-refractivity contribution in [2.75, 3.05) is 0 Å². The van der Waals surface area contributed by atoms with Crippen LogP contribution in [0.25, 0.3) is 0 Å². The fraction of sp³-hybridized carbons (Fsp3) is 0.895. The molecule has 0 unspecified atom stereocenters. The zero-order valence-electron chi connectivity index (χ0n) is 14.1. The summed E-state index contributed by atoms with van der Waals surface area (Å²) in [5, 5.41) is 0. The zero-order chi connectivity index (χ0) is 15.7. The summed E-state index contributed by atoms with van der Waals surface area (Å²) in [5.41, 5.74) is -0.650. The van der Waals surface area contributed by atoms with Crippen molar-refractivity contribution in [3.63, 3.8) is 0 Å². The van der Waals surface area contributed by atoms with Gasteiger partial charge in [-0.3, -0.25) is 9.59 Å². The lowest BCUT2D eigenvalue weighted by Crippen LogP contribution is -2.48. The van der Waals surface area contributed by atoms with Crippen LogP contribution in [0.3, 0.4) is 0 Å². The Hall–Kier alpha value is -0.700. The van der Waals surface area contributed by atoms with E-state index in [2.05, 4.69) is 27.7 Å². The maximum atomic E-state index is 13.2. The minimum Gasteiger partial charge on any atom is -0.356 e. The predicted octanol–water partition coefficient (Wildman–Crippen LogP) is 3.15. The maximum absolute atomic E-state index is 13.2. The third-order valence-electron chi connectivity index (χ3n) is 9.01. The van der Waals surface area contributed by atoms with E-state index in [0.717, 1.165) is 12.8 Å². The van der Waals surface area contributed by atoms with E-state index in [0.29, 0.717) is 36.4 Å². The van der Waals surface area contributed by atoms with Gasteiger partial charge in [0.05, 0.1) is 5.41 Å². The minimum atomic E-state index is -0.417. The summed E-state index contributed by atoms with van der Waals surface area (Å²) in [6.45, 7) is 9.17. The molecule has 0 N–H and O–H groups in total. The van der Waals surface area contributed by atoms with Crippen molar-refractivity contribution in [2.45, 2.75) is 71.5 Å². The van der Waals surface area contributed by atoms with Gasteiger partial charge in [0.25, 0.3) is 0 Å². The first-order chi connectivity index (χ1) is 10.2. The van der Waals surface area contributed by atoms with Crippen LogP contribution in [0.1, 0.15) is 59.8 Å². The Bertz CT molecular complexity index is 624. The van der Waals surface area contributed by atoms with Crippen molar-refractivity contribution in [2.24, 2.45) is 34.0 Å².